The van der Waals surface area contributed by atoms with Crippen molar-refractivity contribution in [2.45, 2.75) is 6.54 Å². The van der Waals surface area contributed by atoms with Crippen LogP contribution in [0.1, 0.15) is 10.4 Å². The second-order valence-corrected chi connectivity index (χ2v) is 5.09. The minimum absolute atomic E-state index is 0.234. The number of carbonyl (C=O) groups excluding carboxylic acids is 1. The van der Waals surface area contributed by atoms with Gasteiger partial charge in [0.2, 0.25) is 0 Å². The number of benzene rings is 1. The topological polar surface area (TPSA) is 82.2 Å². The van der Waals surface area contributed by atoms with Crippen LogP contribution in [0.2, 0.25) is 10.0 Å². The average molecular weight is 329 g/mol. The lowest BCUT2D eigenvalue weighted by Gasteiger charge is -2.06. The minimum Gasteiger partial charge on any atom is -0.397 e. The second-order valence-electron chi connectivity index (χ2n) is 4.30. The van der Waals surface area contributed by atoms with Crippen LogP contribution in [0.5, 0.6) is 0 Å². The Morgan fingerprint density at radius 2 is 2.24 bits per heavy atom. The molecular weight excluding hydrogens is 315 g/mol. The number of halogens is 2. The highest BCUT2D eigenvalue weighted by Crippen LogP contribution is 2.29. The van der Waals surface area contributed by atoms with Gasteiger partial charge in [-0.05, 0) is 12.1 Å². The maximum Gasteiger partial charge on any atom is 0.255 e. The lowest BCUT2D eigenvalue weighted by molar-refractivity contribution is 0.102. The first kappa shape index (κ1) is 15.6. The molecule has 1 heterocycles. The molecule has 0 atom stereocenters. The number of nitrogens with zero attached hydrogens (tertiary/aromatic N) is 2. The molecule has 0 fully saturated rings. The zero-order valence-corrected chi connectivity index (χ0v) is 12.8. The van der Waals surface area contributed by atoms with Crippen molar-refractivity contribution in [3.8, 4) is 0 Å². The SMILES string of the molecule is COCCn1cc(NC(=O)c2cc(N)c(Cl)c(Cl)c2)cn1. The van der Waals surface area contributed by atoms with E-state index < -0.39 is 0 Å². The number of rotatable bonds is 5. The third-order valence-electron chi connectivity index (χ3n) is 2.73. The molecule has 0 saturated carbocycles. The molecule has 3 N–H and O–H groups in total. The zero-order valence-electron chi connectivity index (χ0n) is 11.3. The number of carbonyl (C=O) groups is 1. The molecule has 8 heteroatoms. The van der Waals surface area contributed by atoms with E-state index in [2.05, 4.69) is 10.4 Å². The van der Waals surface area contributed by atoms with Crippen LogP contribution in [-0.4, -0.2) is 29.4 Å². The van der Waals surface area contributed by atoms with Gasteiger partial charge in [0.15, 0.2) is 0 Å². The Bertz CT molecular complexity index is 634. The van der Waals surface area contributed by atoms with Crippen LogP contribution in [0.4, 0.5) is 11.4 Å². The minimum atomic E-state index is -0.341. The van der Waals surface area contributed by atoms with Gasteiger partial charge in [-0.2, -0.15) is 5.10 Å². The molecule has 1 aromatic heterocycles. The predicted octanol–water partition coefficient (Wildman–Crippen LogP) is 2.67. The smallest absolute Gasteiger partial charge is 0.255 e. The monoisotopic (exact) mass is 328 g/mol. The number of nitrogens with two attached hydrogens (primary N) is 1. The van der Waals surface area contributed by atoms with Crippen molar-refractivity contribution in [2.75, 3.05) is 24.8 Å². The van der Waals surface area contributed by atoms with E-state index in [0.29, 0.717) is 24.4 Å². The molecule has 0 aliphatic heterocycles. The number of hydrogen-bond acceptors (Lipinski definition) is 4. The summed E-state index contributed by atoms with van der Waals surface area (Å²) in [6.07, 6.45) is 3.26. The molecule has 2 aromatic rings. The van der Waals surface area contributed by atoms with Gasteiger partial charge < -0.3 is 15.8 Å². The van der Waals surface area contributed by atoms with E-state index in [-0.39, 0.29) is 21.6 Å². The fraction of sp³-hybridized carbons (Fsp3) is 0.231. The summed E-state index contributed by atoms with van der Waals surface area (Å²) in [5.74, 6) is -0.341. The van der Waals surface area contributed by atoms with Crippen LogP contribution < -0.4 is 11.1 Å². The van der Waals surface area contributed by atoms with Crippen LogP contribution in [0.3, 0.4) is 0 Å². The number of nitrogens with one attached hydrogen (secondary N) is 1. The number of anilines is 2. The fourth-order valence-electron chi connectivity index (χ4n) is 1.68. The van der Waals surface area contributed by atoms with E-state index in [9.17, 15) is 4.79 Å². The molecule has 0 bridgehead atoms. The van der Waals surface area contributed by atoms with Crippen LogP contribution in [0.25, 0.3) is 0 Å². The summed E-state index contributed by atoms with van der Waals surface area (Å²) >= 11 is 11.8. The Labute approximate surface area is 131 Å². The highest BCUT2D eigenvalue weighted by Gasteiger charge is 2.12. The number of ether oxygens (including phenoxy) is 1. The van der Waals surface area contributed by atoms with Gasteiger partial charge in [0, 0.05) is 18.9 Å². The molecular formula is C13H14Cl2N4O2. The molecule has 112 valence electrons. The summed E-state index contributed by atoms with van der Waals surface area (Å²) in [7, 11) is 1.61. The standard InChI is InChI=1S/C13H14Cl2N4O2/c1-21-3-2-19-7-9(6-17-19)18-13(20)8-4-10(14)12(15)11(16)5-8/h4-7H,2-3,16H2,1H3,(H,18,20). The molecule has 1 amide bonds. The van der Waals surface area contributed by atoms with Gasteiger partial charge in [-0.25, -0.2) is 0 Å². The van der Waals surface area contributed by atoms with Crippen LogP contribution >= 0.6 is 23.2 Å². The number of aromatic nitrogens is 2. The number of amides is 1. The Balaban J connectivity index is 2.09. The number of methoxy groups -OCH3 is 1. The summed E-state index contributed by atoms with van der Waals surface area (Å²) in [4.78, 5) is 12.1. The van der Waals surface area contributed by atoms with Crippen molar-refractivity contribution in [3.63, 3.8) is 0 Å². The Hall–Kier alpha value is -1.76. The number of hydrogen-bond donors (Lipinski definition) is 2. The Morgan fingerprint density at radius 3 is 2.90 bits per heavy atom. The second kappa shape index (κ2) is 6.80. The molecule has 21 heavy (non-hydrogen) atoms. The van der Waals surface area contributed by atoms with E-state index >= 15 is 0 Å². The van der Waals surface area contributed by atoms with Crippen LogP contribution in [-0.2, 0) is 11.3 Å². The van der Waals surface area contributed by atoms with Crippen LogP contribution in [0, 0.1) is 0 Å². The summed E-state index contributed by atoms with van der Waals surface area (Å²) in [6, 6.07) is 2.93. The highest BCUT2D eigenvalue weighted by molar-refractivity contribution is 6.44. The third kappa shape index (κ3) is 3.87. The molecule has 0 radical (unpaired) electrons. The summed E-state index contributed by atoms with van der Waals surface area (Å²) < 4.78 is 6.62. The van der Waals surface area contributed by atoms with Crippen LogP contribution in [0.15, 0.2) is 24.5 Å². The summed E-state index contributed by atoms with van der Waals surface area (Å²) in [5.41, 5.74) is 6.84. The van der Waals surface area contributed by atoms with Gasteiger partial charge >= 0.3 is 0 Å². The normalized spacial score (nSPS) is 10.6. The molecule has 0 aliphatic rings. The summed E-state index contributed by atoms with van der Waals surface area (Å²) in [5, 5.41) is 7.28. The van der Waals surface area contributed by atoms with Crippen molar-refractivity contribution < 1.29 is 9.53 Å². The van der Waals surface area contributed by atoms with Gasteiger partial charge in [0.05, 0.1) is 40.8 Å². The molecule has 6 nitrogen and oxygen atoms in total. The van der Waals surface area contributed by atoms with Gasteiger partial charge in [-0.15, -0.1) is 0 Å². The predicted molar refractivity (Wildman–Crippen MR) is 82.9 cm³/mol. The molecule has 2 rings (SSSR count). The first-order valence-electron chi connectivity index (χ1n) is 6.08. The average Bonchev–Trinajstić information content (AvgIpc) is 2.89. The Morgan fingerprint density at radius 1 is 1.48 bits per heavy atom. The van der Waals surface area contributed by atoms with Gasteiger partial charge in [-0.3, -0.25) is 9.48 Å². The van der Waals surface area contributed by atoms with E-state index in [4.69, 9.17) is 33.7 Å². The van der Waals surface area contributed by atoms with Crippen molar-refractivity contribution in [1.82, 2.24) is 9.78 Å². The lowest BCUT2D eigenvalue weighted by Crippen LogP contribution is -2.12. The van der Waals surface area contributed by atoms with E-state index in [1.807, 2.05) is 0 Å². The largest absolute Gasteiger partial charge is 0.397 e. The molecule has 0 unspecified atom stereocenters. The van der Waals surface area contributed by atoms with Crippen molar-refractivity contribution >= 4 is 40.5 Å². The van der Waals surface area contributed by atoms with E-state index in [0.717, 1.165) is 0 Å². The highest BCUT2D eigenvalue weighted by atomic mass is 35.5. The van der Waals surface area contributed by atoms with Gasteiger partial charge in [-0.1, -0.05) is 23.2 Å². The molecule has 0 spiro atoms. The third-order valence-corrected chi connectivity index (χ3v) is 3.55. The van der Waals surface area contributed by atoms with Crippen molar-refractivity contribution in [1.29, 1.82) is 0 Å². The maximum absolute atomic E-state index is 12.1. The van der Waals surface area contributed by atoms with E-state index in [1.54, 1.807) is 24.2 Å². The summed E-state index contributed by atoms with van der Waals surface area (Å²) in [6.45, 7) is 1.14. The van der Waals surface area contributed by atoms with E-state index in [1.165, 1.54) is 12.1 Å². The Kier molecular flexibility index (Phi) is 5.06. The molecule has 0 saturated heterocycles. The van der Waals surface area contributed by atoms with Crippen molar-refractivity contribution in [2.24, 2.45) is 0 Å². The number of nitrogen functional groups attached to an aromatic ring is 1. The molecule has 1 aromatic carbocycles. The first-order chi connectivity index (χ1) is 10.0. The quantitative estimate of drug-likeness (QED) is 0.826. The zero-order chi connectivity index (χ0) is 15.4. The lowest BCUT2D eigenvalue weighted by atomic mass is 10.2. The maximum atomic E-state index is 12.1. The van der Waals surface area contributed by atoms with Gasteiger partial charge in [0.1, 0.15) is 0 Å². The first-order valence-corrected chi connectivity index (χ1v) is 6.84. The van der Waals surface area contributed by atoms with Crippen molar-refractivity contribution in [3.05, 3.63) is 40.1 Å². The fourth-order valence-corrected chi connectivity index (χ4v) is 2.02. The van der Waals surface area contributed by atoms with Gasteiger partial charge in [0.25, 0.3) is 5.91 Å². The molecule has 0 aliphatic carbocycles.